The monoisotopic (exact) mass is 573 g/mol. The molecule has 0 spiro atoms. The topological polar surface area (TPSA) is 108 Å². The molecular weight excluding hydrogens is 530 g/mol. The molecule has 0 aliphatic carbocycles. The molecule has 3 atom stereocenters. The van der Waals surface area contributed by atoms with Crippen LogP contribution in [0.25, 0.3) is 0 Å². The fourth-order valence-electron chi connectivity index (χ4n) is 4.65. The molecule has 8 heteroatoms. The third-order valence-electron chi connectivity index (χ3n) is 6.88. The number of phenols is 1. The molecule has 0 aliphatic rings. The van der Waals surface area contributed by atoms with Crippen LogP contribution in [0.3, 0.4) is 0 Å². The van der Waals surface area contributed by atoms with E-state index in [4.69, 9.17) is 4.74 Å². The van der Waals surface area contributed by atoms with E-state index in [-0.39, 0.29) is 24.1 Å². The number of aromatic hydroxyl groups is 1. The molecule has 224 valence electrons. The Morgan fingerprint density at radius 1 is 0.929 bits per heavy atom. The van der Waals surface area contributed by atoms with Crippen LogP contribution in [0.5, 0.6) is 5.75 Å². The molecular formula is C34H43N3O5. The van der Waals surface area contributed by atoms with Gasteiger partial charge < -0.3 is 25.4 Å². The van der Waals surface area contributed by atoms with Crippen molar-refractivity contribution in [3.05, 3.63) is 101 Å². The molecule has 3 unspecified atom stereocenters. The molecule has 0 saturated heterocycles. The molecule has 0 aromatic heterocycles. The Morgan fingerprint density at radius 3 is 2.19 bits per heavy atom. The molecule has 42 heavy (non-hydrogen) atoms. The van der Waals surface area contributed by atoms with Gasteiger partial charge in [0.25, 0.3) is 0 Å². The van der Waals surface area contributed by atoms with Gasteiger partial charge in [-0.05, 0) is 69.9 Å². The number of carbonyl (C=O) groups excluding carboxylic acids is 3. The lowest BCUT2D eigenvalue weighted by Gasteiger charge is -2.38. The third-order valence-corrected chi connectivity index (χ3v) is 6.88. The number of nitrogens with one attached hydrogen (secondary N) is 2. The molecule has 3 aromatic carbocycles. The Balaban J connectivity index is 2.04. The first kappa shape index (κ1) is 32.2. The predicted molar refractivity (Wildman–Crippen MR) is 164 cm³/mol. The van der Waals surface area contributed by atoms with Gasteiger partial charge in [-0.15, -0.1) is 0 Å². The fourth-order valence-corrected chi connectivity index (χ4v) is 4.65. The number of carbonyl (C=O) groups is 3. The van der Waals surface area contributed by atoms with Crippen LogP contribution in [-0.2, 0) is 27.3 Å². The number of alkyl carbamates (subject to hydrolysis) is 1. The van der Waals surface area contributed by atoms with Crippen molar-refractivity contribution in [1.82, 2.24) is 15.5 Å². The summed E-state index contributed by atoms with van der Waals surface area (Å²) < 4.78 is 5.50. The molecule has 0 fully saturated rings. The molecule has 0 radical (unpaired) electrons. The molecule has 0 heterocycles. The number of ether oxygens (including phenoxy) is 1. The van der Waals surface area contributed by atoms with Crippen molar-refractivity contribution in [1.29, 1.82) is 0 Å². The highest BCUT2D eigenvalue weighted by atomic mass is 16.6. The van der Waals surface area contributed by atoms with Gasteiger partial charge in [0.1, 0.15) is 23.4 Å². The Labute approximate surface area is 249 Å². The fraction of sp³-hybridized carbons (Fsp3) is 0.382. The number of benzene rings is 3. The highest BCUT2D eigenvalue weighted by molar-refractivity contribution is 5.92. The number of nitrogens with zero attached hydrogens (tertiary/aromatic N) is 1. The van der Waals surface area contributed by atoms with Gasteiger partial charge in [-0.1, -0.05) is 79.2 Å². The first-order valence-corrected chi connectivity index (χ1v) is 14.4. The Bertz CT molecular complexity index is 1340. The zero-order chi connectivity index (χ0) is 30.9. The maximum absolute atomic E-state index is 14.5. The average Bonchev–Trinajstić information content (AvgIpc) is 2.94. The summed E-state index contributed by atoms with van der Waals surface area (Å²) in [5.41, 5.74) is 2.53. The standard InChI is InChI=1S/C34H43N3O5/c1-7-24(3)37(30(27-15-11-12-23(2)20-27)31(39)35-22-26-13-9-8-10-14-26)32(40)29(36-33(41)42-34(4,5)6)21-25-16-18-28(38)19-17-25/h8-20,24,29-30,38H,7,21-22H2,1-6H3,(H,35,39)(H,36,41). The van der Waals surface area contributed by atoms with Crippen molar-refractivity contribution in [2.24, 2.45) is 0 Å². The minimum Gasteiger partial charge on any atom is -0.508 e. The summed E-state index contributed by atoms with van der Waals surface area (Å²) in [7, 11) is 0. The quantitative estimate of drug-likeness (QED) is 0.268. The lowest BCUT2D eigenvalue weighted by Crippen LogP contribution is -2.56. The van der Waals surface area contributed by atoms with Crippen LogP contribution in [0.2, 0.25) is 0 Å². The van der Waals surface area contributed by atoms with E-state index < -0.39 is 29.7 Å². The maximum atomic E-state index is 14.5. The van der Waals surface area contributed by atoms with Crippen molar-refractivity contribution in [2.45, 2.75) is 84.7 Å². The molecule has 3 rings (SSSR count). The molecule has 0 bridgehead atoms. The van der Waals surface area contributed by atoms with Gasteiger partial charge in [0.15, 0.2) is 0 Å². The highest BCUT2D eigenvalue weighted by Gasteiger charge is 2.38. The summed E-state index contributed by atoms with van der Waals surface area (Å²) in [6.07, 6.45) is -0.0140. The molecule has 0 saturated carbocycles. The lowest BCUT2D eigenvalue weighted by molar-refractivity contribution is -0.145. The highest BCUT2D eigenvalue weighted by Crippen LogP contribution is 2.28. The minimum absolute atomic E-state index is 0.0950. The van der Waals surface area contributed by atoms with Crippen LogP contribution in [0.15, 0.2) is 78.9 Å². The van der Waals surface area contributed by atoms with Crippen molar-refractivity contribution in [3.63, 3.8) is 0 Å². The maximum Gasteiger partial charge on any atom is 0.408 e. The van der Waals surface area contributed by atoms with Crippen LogP contribution in [0.4, 0.5) is 4.79 Å². The van der Waals surface area contributed by atoms with Gasteiger partial charge in [0, 0.05) is 19.0 Å². The van der Waals surface area contributed by atoms with Gasteiger partial charge in [-0.25, -0.2) is 4.79 Å². The van der Waals surface area contributed by atoms with E-state index in [1.165, 1.54) is 12.1 Å². The van der Waals surface area contributed by atoms with Crippen molar-refractivity contribution in [3.8, 4) is 5.75 Å². The Hall–Kier alpha value is -4.33. The summed E-state index contributed by atoms with van der Waals surface area (Å²) in [6.45, 7) is 11.3. The smallest absolute Gasteiger partial charge is 0.408 e. The summed E-state index contributed by atoms with van der Waals surface area (Å²) in [5.74, 6) is -0.638. The average molecular weight is 574 g/mol. The number of rotatable bonds is 11. The summed E-state index contributed by atoms with van der Waals surface area (Å²) in [4.78, 5) is 43.0. The predicted octanol–water partition coefficient (Wildman–Crippen LogP) is 5.82. The minimum atomic E-state index is -1.03. The van der Waals surface area contributed by atoms with Crippen LogP contribution < -0.4 is 10.6 Å². The molecule has 0 aliphatic heterocycles. The first-order chi connectivity index (χ1) is 19.9. The number of phenolic OH excluding ortho intramolecular Hbond substituents is 1. The van der Waals surface area contributed by atoms with Crippen molar-refractivity contribution >= 4 is 17.9 Å². The van der Waals surface area contributed by atoms with Gasteiger partial charge in [0.2, 0.25) is 11.8 Å². The first-order valence-electron chi connectivity index (χ1n) is 14.4. The van der Waals surface area contributed by atoms with E-state index >= 15 is 0 Å². The van der Waals surface area contributed by atoms with Crippen LogP contribution in [0.1, 0.15) is 69.3 Å². The molecule has 3 aromatic rings. The second-order valence-corrected chi connectivity index (χ2v) is 11.6. The van der Waals surface area contributed by atoms with E-state index in [0.717, 1.165) is 16.7 Å². The van der Waals surface area contributed by atoms with Gasteiger partial charge in [0.05, 0.1) is 0 Å². The number of aryl methyl sites for hydroxylation is 1. The van der Waals surface area contributed by atoms with E-state index in [0.29, 0.717) is 18.5 Å². The van der Waals surface area contributed by atoms with E-state index in [1.54, 1.807) is 37.8 Å². The zero-order valence-electron chi connectivity index (χ0n) is 25.4. The zero-order valence-corrected chi connectivity index (χ0v) is 25.4. The third kappa shape index (κ3) is 9.36. The second-order valence-electron chi connectivity index (χ2n) is 11.6. The molecule has 3 N–H and O–H groups in total. The molecule has 3 amide bonds. The van der Waals surface area contributed by atoms with Gasteiger partial charge in [-0.2, -0.15) is 0 Å². The van der Waals surface area contributed by atoms with Crippen LogP contribution >= 0.6 is 0 Å². The van der Waals surface area contributed by atoms with E-state index in [9.17, 15) is 19.5 Å². The summed E-state index contributed by atoms with van der Waals surface area (Å²) in [5, 5.41) is 15.6. The summed E-state index contributed by atoms with van der Waals surface area (Å²) in [6, 6.07) is 21.3. The van der Waals surface area contributed by atoms with E-state index in [1.807, 2.05) is 75.4 Å². The number of amides is 3. The Kier molecular flexibility index (Phi) is 11.1. The van der Waals surface area contributed by atoms with Crippen molar-refractivity contribution in [2.75, 3.05) is 0 Å². The number of hydrogen-bond donors (Lipinski definition) is 3. The van der Waals surface area contributed by atoms with Crippen molar-refractivity contribution < 1.29 is 24.2 Å². The number of hydrogen-bond acceptors (Lipinski definition) is 5. The van der Waals surface area contributed by atoms with Crippen LogP contribution in [0, 0.1) is 6.92 Å². The largest absolute Gasteiger partial charge is 0.508 e. The summed E-state index contributed by atoms with van der Waals surface area (Å²) >= 11 is 0. The normalized spacial score (nSPS) is 13.4. The molecule has 8 nitrogen and oxygen atoms in total. The lowest BCUT2D eigenvalue weighted by atomic mass is 9.97. The second kappa shape index (κ2) is 14.5. The van der Waals surface area contributed by atoms with E-state index in [2.05, 4.69) is 10.6 Å². The van der Waals surface area contributed by atoms with Crippen LogP contribution in [-0.4, -0.2) is 45.6 Å². The SMILES string of the molecule is CCC(C)N(C(=O)C(Cc1ccc(O)cc1)NC(=O)OC(C)(C)C)C(C(=O)NCc1ccccc1)c1cccc(C)c1. The Morgan fingerprint density at radius 2 is 1.60 bits per heavy atom. The van der Waals surface area contributed by atoms with Gasteiger partial charge in [-0.3, -0.25) is 9.59 Å². The van der Waals surface area contributed by atoms with Gasteiger partial charge >= 0.3 is 6.09 Å².